The Morgan fingerprint density at radius 3 is 2.88 bits per heavy atom. The second kappa shape index (κ2) is 6.39. The van der Waals surface area contributed by atoms with Crippen LogP contribution in [0.2, 0.25) is 0 Å². The van der Waals surface area contributed by atoms with Crippen LogP contribution in [0.5, 0.6) is 0 Å². The van der Waals surface area contributed by atoms with Gasteiger partial charge in [-0.1, -0.05) is 32.1 Å². The van der Waals surface area contributed by atoms with E-state index in [2.05, 4.69) is 33.2 Å². The first kappa shape index (κ1) is 12.9. The fraction of sp³-hybridized carbons (Fsp3) is 0.643. The van der Waals surface area contributed by atoms with Gasteiger partial charge < -0.3 is 5.32 Å². The molecule has 3 heteroatoms. The molecule has 94 valence electrons. The molecule has 0 spiro atoms. The molecule has 1 fully saturated rings. The molecule has 17 heavy (non-hydrogen) atoms. The zero-order valence-electron chi connectivity index (χ0n) is 10.5. The summed E-state index contributed by atoms with van der Waals surface area (Å²) in [6.07, 6.45) is 10.3. The van der Waals surface area contributed by atoms with Crippen LogP contribution in [-0.2, 0) is 0 Å². The largest absolute Gasteiger partial charge is 0.369 e. The lowest BCUT2D eigenvalue weighted by Crippen LogP contribution is -2.13. The Labute approximate surface area is 112 Å². The van der Waals surface area contributed by atoms with Gasteiger partial charge in [0.05, 0.1) is 4.47 Å². The molecule has 0 aliphatic heterocycles. The zero-order chi connectivity index (χ0) is 12.1. The maximum Gasteiger partial charge on any atom is 0.140 e. The molecular formula is C14H21BrN2. The van der Waals surface area contributed by atoms with Crippen molar-refractivity contribution in [1.29, 1.82) is 0 Å². The van der Waals surface area contributed by atoms with Gasteiger partial charge in [-0.05, 0) is 46.8 Å². The van der Waals surface area contributed by atoms with Gasteiger partial charge in [-0.3, -0.25) is 0 Å². The van der Waals surface area contributed by atoms with E-state index in [0.717, 1.165) is 22.8 Å². The van der Waals surface area contributed by atoms with Crippen LogP contribution in [0.1, 0.15) is 44.1 Å². The summed E-state index contributed by atoms with van der Waals surface area (Å²) in [5, 5.41) is 3.44. The SMILES string of the molecule is Cc1ccnc(NCCC2CCCCC2)c1Br. The number of halogens is 1. The monoisotopic (exact) mass is 296 g/mol. The molecule has 0 radical (unpaired) electrons. The summed E-state index contributed by atoms with van der Waals surface area (Å²) < 4.78 is 1.10. The minimum atomic E-state index is 0.930. The number of anilines is 1. The van der Waals surface area contributed by atoms with Crippen molar-refractivity contribution in [1.82, 2.24) is 4.98 Å². The third kappa shape index (κ3) is 3.70. The number of nitrogens with one attached hydrogen (secondary N) is 1. The van der Waals surface area contributed by atoms with E-state index < -0.39 is 0 Å². The Morgan fingerprint density at radius 2 is 2.12 bits per heavy atom. The number of aryl methyl sites for hydroxylation is 1. The molecule has 1 aromatic heterocycles. The van der Waals surface area contributed by atoms with Crippen molar-refractivity contribution in [3.05, 3.63) is 22.3 Å². The van der Waals surface area contributed by atoms with E-state index in [0.29, 0.717) is 0 Å². The van der Waals surface area contributed by atoms with Gasteiger partial charge in [-0.2, -0.15) is 0 Å². The van der Waals surface area contributed by atoms with Crippen LogP contribution in [0.15, 0.2) is 16.7 Å². The van der Waals surface area contributed by atoms with Crippen LogP contribution in [-0.4, -0.2) is 11.5 Å². The molecule has 1 heterocycles. The van der Waals surface area contributed by atoms with E-state index in [9.17, 15) is 0 Å². The molecule has 1 aliphatic carbocycles. The lowest BCUT2D eigenvalue weighted by atomic mass is 9.87. The van der Waals surface area contributed by atoms with Crippen LogP contribution < -0.4 is 5.32 Å². The number of aromatic nitrogens is 1. The summed E-state index contributed by atoms with van der Waals surface area (Å²) in [5.41, 5.74) is 1.24. The first-order valence-electron chi connectivity index (χ1n) is 6.62. The van der Waals surface area contributed by atoms with Gasteiger partial charge in [0.15, 0.2) is 0 Å². The number of nitrogens with zero attached hydrogens (tertiary/aromatic N) is 1. The summed E-state index contributed by atoms with van der Waals surface area (Å²) in [5.74, 6) is 1.92. The summed E-state index contributed by atoms with van der Waals surface area (Å²) in [7, 11) is 0. The zero-order valence-corrected chi connectivity index (χ0v) is 12.1. The summed E-state index contributed by atoms with van der Waals surface area (Å²) >= 11 is 3.58. The topological polar surface area (TPSA) is 24.9 Å². The van der Waals surface area contributed by atoms with Crippen LogP contribution in [0.25, 0.3) is 0 Å². The fourth-order valence-corrected chi connectivity index (χ4v) is 2.91. The number of pyridine rings is 1. The predicted octanol–water partition coefficient (Wildman–Crippen LogP) is 4.53. The van der Waals surface area contributed by atoms with E-state index >= 15 is 0 Å². The van der Waals surface area contributed by atoms with Crippen molar-refractivity contribution >= 4 is 21.7 Å². The summed E-state index contributed by atoms with van der Waals surface area (Å²) in [6.45, 7) is 3.14. The first-order chi connectivity index (χ1) is 8.27. The van der Waals surface area contributed by atoms with Gasteiger partial charge in [-0.25, -0.2) is 4.98 Å². The van der Waals surface area contributed by atoms with Crippen LogP contribution in [0, 0.1) is 12.8 Å². The number of hydrogen-bond acceptors (Lipinski definition) is 2. The Morgan fingerprint density at radius 1 is 1.35 bits per heavy atom. The molecule has 1 N–H and O–H groups in total. The van der Waals surface area contributed by atoms with Gasteiger partial charge in [-0.15, -0.1) is 0 Å². The molecule has 0 aromatic carbocycles. The maximum atomic E-state index is 4.36. The molecule has 1 saturated carbocycles. The molecule has 1 aromatic rings. The predicted molar refractivity (Wildman–Crippen MR) is 76.4 cm³/mol. The highest BCUT2D eigenvalue weighted by atomic mass is 79.9. The average molecular weight is 297 g/mol. The van der Waals surface area contributed by atoms with Gasteiger partial charge in [0.2, 0.25) is 0 Å². The van der Waals surface area contributed by atoms with Crippen molar-refractivity contribution in [2.45, 2.75) is 45.4 Å². The highest BCUT2D eigenvalue weighted by Gasteiger charge is 2.13. The van der Waals surface area contributed by atoms with E-state index in [4.69, 9.17) is 0 Å². The molecule has 0 amide bonds. The van der Waals surface area contributed by atoms with Crippen LogP contribution in [0.3, 0.4) is 0 Å². The summed E-state index contributed by atoms with van der Waals surface area (Å²) in [4.78, 5) is 4.36. The first-order valence-corrected chi connectivity index (χ1v) is 7.41. The molecule has 0 saturated heterocycles. The third-order valence-electron chi connectivity index (χ3n) is 3.65. The molecule has 0 atom stereocenters. The van der Waals surface area contributed by atoms with E-state index in [1.807, 2.05) is 12.3 Å². The van der Waals surface area contributed by atoms with Crippen molar-refractivity contribution in [3.63, 3.8) is 0 Å². The third-order valence-corrected chi connectivity index (χ3v) is 4.65. The lowest BCUT2D eigenvalue weighted by Gasteiger charge is -2.21. The fourth-order valence-electron chi connectivity index (χ4n) is 2.53. The Hall–Kier alpha value is -0.570. The van der Waals surface area contributed by atoms with Gasteiger partial charge in [0.1, 0.15) is 5.82 Å². The van der Waals surface area contributed by atoms with E-state index in [-0.39, 0.29) is 0 Å². The second-order valence-electron chi connectivity index (χ2n) is 5.01. The van der Waals surface area contributed by atoms with E-state index in [1.54, 1.807) is 0 Å². The quantitative estimate of drug-likeness (QED) is 0.883. The lowest BCUT2D eigenvalue weighted by molar-refractivity contribution is 0.345. The Bertz CT molecular complexity index is 359. The molecule has 2 rings (SSSR count). The van der Waals surface area contributed by atoms with Crippen molar-refractivity contribution < 1.29 is 0 Å². The van der Waals surface area contributed by atoms with Crippen molar-refractivity contribution in [3.8, 4) is 0 Å². The molecule has 1 aliphatic rings. The standard InChI is InChI=1S/C14H21BrN2/c1-11-7-9-16-14(13(11)15)17-10-8-12-5-3-2-4-6-12/h7,9,12H,2-6,8,10H2,1H3,(H,16,17). The van der Waals surface area contributed by atoms with Gasteiger partial charge in [0, 0.05) is 12.7 Å². The highest BCUT2D eigenvalue weighted by Crippen LogP contribution is 2.27. The normalized spacial score (nSPS) is 17.1. The summed E-state index contributed by atoms with van der Waals surface area (Å²) in [6, 6.07) is 2.02. The maximum absolute atomic E-state index is 4.36. The smallest absolute Gasteiger partial charge is 0.140 e. The molecule has 0 bridgehead atoms. The van der Waals surface area contributed by atoms with Crippen molar-refractivity contribution in [2.75, 3.05) is 11.9 Å². The molecule has 2 nitrogen and oxygen atoms in total. The molecular weight excluding hydrogens is 276 g/mol. The van der Waals surface area contributed by atoms with Crippen molar-refractivity contribution in [2.24, 2.45) is 5.92 Å². The van der Waals surface area contributed by atoms with E-state index in [1.165, 1.54) is 44.1 Å². The Balaban J connectivity index is 1.79. The van der Waals surface area contributed by atoms with Crippen LogP contribution >= 0.6 is 15.9 Å². The second-order valence-corrected chi connectivity index (χ2v) is 5.80. The average Bonchev–Trinajstić information content (AvgIpc) is 2.36. The van der Waals surface area contributed by atoms with Crippen LogP contribution in [0.4, 0.5) is 5.82 Å². The van der Waals surface area contributed by atoms with Gasteiger partial charge in [0.25, 0.3) is 0 Å². The minimum Gasteiger partial charge on any atom is -0.369 e. The van der Waals surface area contributed by atoms with Gasteiger partial charge >= 0.3 is 0 Å². The Kier molecular flexibility index (Phi) is 4.84. The molecule has 0 unspecified atom stereocenters. The number of rotatable bonds is 4. The highest BCUT2D eigenvalue weighted by molar-refractivity contribution is 9.10. The number of hydrogen-bond donors (Lipinski definition) is 1. The minimum absolute atomic E-state index is 0.930.